The third kappa shape index (κ3) is 8.65. The van der Waals surface area contributed by atoms with E-state index in [2.05, 4.69) is 58.7 Å². The molecule has 0 spiro atoms. The summed E-state index contributed by atoms with van der Waals surface area (Å²) in [4.78, 5) is 18.8. The predicted molar refractivity (Wildman–Crippen MR) is 161 cm³/mol. The van der Waals surface area contributed by atoms with Crippen LogP contribution in [0.4, 0.5) is 11.4 Å². The summed E-state index contributed by atoms with van der Waals surface area (Å²) >= 11 is 1.70. The van der Waals surface area contributed by atoms with Gasteiger partial charge in [0.2, 0.25) is 5.91 Å². The molecule has 0 bridgehead atoms. The monoisotopic (exact) mass is 539 g/mol. The van der Waals surface area contributed by atoms with E-state index < -0.39 is 0 Å². The van der Waals surface area contributed by atoms with E-state index in [9.17, 15) is 4.79 Å². The lowest BCUT2D eigenvalue weighted by Crippen LogP contribution is -2.28. The van der Waals surface area contributed by atoms with Crippen LogP contribution in [0.1, 0.15) is 23.6 Å². The number of amidine groups is 1. The molecule has 0 unspecified atom stereocenters. The second-order valence-corrected chi connectivity index (χ2v) is 9.89. The second kappa shape index (κ2) is 14.1. The van der Waals surface area contributed by atoms with Crippen LogP contribution in [0.15, 0.2) is 108 Å². The lowest BCUT2D eigenvalue weighted by Gasteiger charge is -2.26. The van der Waals surface area contributed by atoms with Crippen molar-refractivity contribution in [3.05, 3.63) is 120 Å². The summed E-state index contributed by atoms with van der Waals surface area (Å²) in [6.07, 6.45) is 0. The summed E-state index contributed by atoms with van der Waals surface area (Å²) in [6, 6.07) is 34.3. The molecule has 39 heavy (non-hydrogen) atoms. The molecule has 0 saturated carbocycles. The first-order valence-electron chi connectivity index (χ1n) is 12.7. The van der Waals surface area contributed by atoms with Crippen molar-refractivity contribution in [3.63, 3.8) is 0 Å². The highest BCUT2D eigenvalue weighted by Crippen LogP contribution is 2.26. The van der Waals surface area contributed by atoms with Crippen molar-refractivity contribution in [2.45, 2.75) is 25.8 Å². The minimum atomic E-state index is -0.101. The number of nitrogens with one attached hydrogen (secondary N) is 1. The molecule has 0 aliphatic heterocycles. The summed E-state index contributed by atoms with van der Waals surface area (Å²) in [5.74, 6) is 2.33. The molecule has 7 heteroatoms. The Hall–Kier alpha value is -4.23. The van der Waals surface area contributed by atoms with Crippen molar-refractivity contribution < 1.29 is 14.3 Å². The Morgan fingerprint density at radius 1 is 0.744 bits per heavy atom. The quantitative estimate of drug-likeness (QED) is 0.169. The van der Waals surface area contributed by atoms with Crippen molar-refractivity contribution in [1.82, 2.24) is 4.90 Å². The average molecular weight is 540 g/mol. The van der Waals surface area contributed by atoms with Gasteiger partial charge in [0.15, 0.2) is 5.17 Å². The molecule has 1 N–H and O–H groups in total. The van der Waals surface area contributed by atoms with Crippen LogP contribution in [0.3, 0.4) is 0 Å². The van der Waals surface area contributed by atoms with Gasteiger partial charge in [0.25, 0.3) is 0 Å². The van der Waals surface area contributed by atoms with E-state index >= 15 is 0 Å². The summed E-state index contributed by atoms with van der Waals surface area (Å²) in [7, 11) is 3.35. The number of anilines is 1. The average Bonchev–Trinajstić information content (AvgIpc) is 2.97. The number of amides is 1. The first-order chi connectivity index (χ1) is 19.0. The molecule has 0 saturated heterocycles. The van der Waals surface area contributed by atoms with Gasteiger partial charge in [0, 0.05) is 31.5 Å². The van der Waals surface area contributed by atoms with Crippen LogP contribution in [0.5, 0.6) is 11.5 Å². The molecule has 0 aliphatic rings. The maximum atomic E-state index is 11.4. The summed E-state index contributed by atoms with van der Waals surface area (Å²) < 4.78 is 10.7. The molecule has 0 fully saturated rings. The number of benzene rings is 4. The first-order valence-corrected chi connectivity index (χ1v) is 13.6. The highest BCUT2D eigenvalue weighted by Gasteiger charge is 2.15. The highest BCUT2D eigenvalue weighted by atomic mass is 32.2. The number of aliphatic imine (C=N–C) groups is 1. The zero-order valence-electron chi connectivity index (χ0n) is 22.5. The largest absolute Gasteiger partial charge is 0.497 e. The molecular formula is C32H33N3O3S. The van der Waals surface area contributed by atoms with Gasteiger partial charge in [-0.05, 0) is 65.2 Å². The molecule has 0 atom stereocenters. The maximum absolute atomic E-state index is 11.4. The molecule has 0 aliphatic carbocycles. The minimum Gasteiger partial charge on any atom is -0.497 e. The summed E-state index contributed by atoms with van der Waals surface area (Å²) in [5, 5.41) is 3.72. The Bertz CT molecular complexity index is 1310. The molecular weight excluding hydrogens is 506 g/mol. The number of thioether (sulfide) groups is 1. The Balaban J connectivity index is 1.68. The zero-order chi connectivity index (χ0) is 27.5. The van der Waals surface area contributed by atoms with Gasteiger partial charge in [0.1, 0.15) is 11.5 Å². The van der Waals surface area contributed by atoms with Gasteiger partial charge in [-0.3, -0.25) is 4.79 Å². The molecule has 0 radical (unpaired) electrons. The van der Waals surface area contributed by atoms with E-state index in [1.807, 2.05) is 54.6 Å². The summed E-state index contributed by atoms with van der Waals surface area (Å²) in [5.41, 5.74) is 5.09. The van der Waals surface area contributed by atoms with Crippen molar-refractivity contribution in [2.24, 2.45) is 4.99 Å². The molecule has 4 rings (SSSR count). The number of ether oxygens (including phenoxy) is 2. The third-order valence-electron chi connectivity index (χ3n) is 5.96. The Morgan fingerprint density at radius 3 is 1.77 bits per heavy atom. The van der Waals surface area contributed by atoms with Gasteiger partial charge in [-0.25, -0.2) is 4.99 Å². The van der Waals surface area contributed by atoms with E-state index in [0.29, 0.717) is 13.1 Å². The third-order valence-corrected chi connectivity index (χ3v) is 7.04. The lowest BCUT2D eigenvalue weighted by molar-refractivity contribution is -0.114. The van der Waals surface area contributed by atoms with E-state index in [-0.39, 0.29) is 5.91 Å². The topological polar surface area (TPSA) is 63.2 Å². The van der Waals surface area contributed by atoms with Gasteiger partial charge in [0.05, 0.1) is 19.9 Å². The van der Waals surface area contributed by atoms with Crippen LogP contribution in [0.25, 0.3) is 0 Å². The molecule has 1 amide bonds. The standard InChI is InChI=1S/C32H33N3O3S/c1-24(36)33-28-13-15-29(16-14-28)34-32(39-23-27-7-5-4-6-8-27)35(21-25-9-17-30(37-2)18-10-25)22-26-11-19-31(38-3)20-12-26/h4-20H,21-23H2,1-3H3,(H,33,36). The fourth-order valence-electron chi connectivity index (χ4n) is 3.94. The molecule has 6 nitrogen and oxygen atoms in total. The number of hydrogen-bond donors (Lipinski definition) is 1. The van der Waals surface area contributed by atoms with Crippen molar-refractivity contribution in [3.8, 4) is 11.5 Å². The van der Waals surface area contributed by atoms with Gasteiger partial charge < -0.3 is 19.7 Å². The van der Waals surface area contributed by atoms with Gasteiger partial charge in [-0.2, -0.15) is 0 Å². The minimum absolute atomic E-state index is 0.101. The Labute approximate surface area is 234 Å². The summed E-state index contributed by atoms with van der Waals surface area (Å²) in [6.45, 7) is 2.84. The molecule has 0 aromatic heterocycles. The second-order valence-electron chi connectivity index (χ2n) is 8.95. The maximum Gasteiger partial charge on any atom is 0.221 e. The van der Waals surface area contributed by atoms with Crippen LogP contribution in [0.2, 0.25) is 0 Å². The molecule has 4 aromatic rings. The number of carbonyl (C=O) groups excluding carboxylic acids is 1. The SMILES string of the molecule is COc1ccc(CN(Cc2ccc(OC)cc2)C(=Nc2ccc(NC(C)=O)cc2)SCc2ccccc2)cc1. The smallest absolute Gasteiger partial charge is 0.221 e. The van der Waals surface area contributed by atoms with Gasteiger partial charge >= 0.3 is 0 Å². The molecule has 0 heterocycles. The molecule has 200 valence electrons. The Morgan fingerprint density at radius 2 is 1.28 bits per heavy atom. The lowest BCUT2D eigenvalue weighted by atomic mass is 10.1. The number of nitrogens with zero attached hydrogens (tertiary/aromatic N) is 2. The fourth-order valence-corrected chi connectivity index (χ4v) is 4.91. The van der Waals surface area contributed by atoms with Crippen LogP contribution in [-0.2, 0) is 23.6 Å². The van der Waals surface area contributed by atoms with Crippen molar-refractivity contribution in [1.29, 1.82) is 0 Å². The van der Waals surface area contributed by atoms with Crippen LogP contribution in [0, 0.1) is 0 Å². The zero-order valence-corrected chi connectivity index (χ0v) is 23.3. The van der Waals surface area contributed by atoms with E-state index in [0.717, 1.165) is 44.9 Å². The van der Waals surface area contributed by atoms with E-state index in [1.54, 1.807) is 26.0 Å². The van der Waals surface area contributed by atoms with Crippen LogP contribution in [-0.4, -0.2) is 30.2 Å². The number of methoxy groups -OCH3 is 2. The van der Waals surface area contributed by atoms with Crippen LogP contribution >= 0.6 is 11.8 Å². The van der Waals surface area contributed by atoms with Gasteiger partial charge in [-0.1, -0.05) is 66.4 Å². The number of carbonyl (C=O) groups is 1. The van der Waals surface area contributed by atoms with Crippen LogP contribution < -0.4 is 14.8 Å². The number of hydrogen-bond acceptors (Lipinski definition) is 5. The van der Waals surface area contributed by atoms with Crippen molar-refractivity contribution >= 4 is 34.2 Å². The van der Waals surface area contributed by atoms with E-state index in [1.165, 1.54) is 12.5 Å². The van der Waals surface area contributed by atoms with Crippen molar-refractivity contribution in [2.75, 3.05) is 19.5 Å². The first kappa shape index (κ1) is 27.8. The number of rotatable bonds is 10. The Kier molecular flexibility index (Phi) is 10.0. The normalized spacial score (nSPS) is 11.1. The molecule has 4 aromatic carbocycles. The van der Waals surface area contributed by atoms with E-state index in [4.69, 9.17) is 14.5 Å². The predicted octanol–water partition coefficient (Wildman–Crippen LogP) is 7.29. The fraction of sp³-hybridized carbons (Fsp3) is 0.188. The highest BCUT2D eigenvalue weighted by molar-refractivity contribution is 8.13. The van der Waals surface area contributed by atoms with Gasteiger partial charge in [-0.15, -0.1) is 0 Å².